The maximum atomic E-state index is 11.9. The molecule has 0 aliphatic rings. The van der Waals surface area contributed by atoms with Crippen LogP contribution in [0.2, 0.25) is 5.02 Å². The second-order valence-electron chi connectivity index (χ2n) is 4.14. The zero-order valence-electron chi connectivity index (χ0n) is 10.9. The van der Waals surface area contributed by atoms with Gasteiger partial charge in [0, 0.05) is 9.92 Å². The van der Waals surface area contributed by atoms with E-state index in [1.54, 1.807) is 0 Å². The van der Waals surface area contributed by atoms with Crippen LogP contribution in [0, 0.1) is 0 Å². The Balaban J connectivity index is 2.01. The van der Waals surface area contributed by atoms with Gasteiger partial charge in [-0.3, -0.25) is 4.79 Å². The minimum atomic E-state index is -1.14. The lowest BCUT2D eigenvalue weighted by Crippen LogP contribution is -2.16. The van der Waals surface area contributed by atoms with Crippen LogP contribution < -0.4 is 5.32 Å². The summed E-state index contributed by atoms with van der Waals surface area (Å²) in [4.78, 5) is 24.0. The average Bonchev–Trinajstić information content (AvgIpc) is 2.48. The highest BCUT2D eigenvalue weighted by molar-refractivity contribution is 8.00. The van der Waals surface area contributed by atoms with E-state index in [-0.39, 0.29) is 22.9 Å². The smallest absolute Gasteiger partial charge is 0.337 e. The predicted octanol–water partition coefficient (Wildman–Crippen LogP) is 3.77. The van der Waals surface area contributed by atoms with Gasteiger partial charge in [0.15, 0.2) is 0 Å². The molecule has 1 amide bonds. The average molecular weight is 322 g/mol. The molecule has 0 heterocycles. The minimum Gasteiger partial charge on any atom is -0.478 e. The topological polar surface area (TPSA) is 66.4 Å². The molecule has 0 aromatic heterocycles. The summed E-state index contributed by atoms with van der Waals surface area (Å²) in [5.74, 6) is -1.21. The number of rotatable bonds is 5. The molecule has 2 rings (SSSR count). The Morgan fingerprint density at radius 3 is 2.52 bits per heavy atom. The maximum absolute atomic E-state index is 11.9. The highest BCUT2D eigenvalue weighted by Gasteiger charge is 2.13. The van der Waals surface area contributed by atoms with Crippen LogP contribution in [0.3, 0.4) is 0 Å². The molecule has 4 nitrogen and oxygen atoms in total. The molecule has 2 aromatic carbocycles. The van der Waals surface area contributed by atoms with Crippen molar-refractivity contribution in [1.82, 2.24) is 0 Å². The highest BCUT2D eigenvalue weighted by Crippen LogP contribution is 2.22. The third-order valence-electron chi connectivity index (χ3n) is 2.60. The van der Waals surface area contributed by atoms with Crippen molar-refractivity contribution < 1.29 is 14.7 Å². The molecule has 0 aliphatic heterocycles. The SMILES string of the molecule is O=C(CSc1ccccc1)Nc1ccc(Cl)cc1C(=O)O. The Morgan fingerprint density at radius 1 is 1.14 bits per heavy atom. The summed E-state index contributed by atoms with van der Waals surface area (Å²) in [6.45, 7) is 0. The van der Waals surface area contributed by atoms with Crippen LogP contribution in [-0.4, -0.2) is 22.7 Å². The van der Waals surface area contributed by atoms with Crippen molar-refractivity contribution in [2.45, 2.75) is 4.90 Å². The van der Waals surface area contributed by atoms with Crippen molar-refractivity contribution in [3.8, 4) is 0 Å². The molecule has 21 heavy (non-hydrogen) atoms. The highest BCUT2D eigenvalue weighted by atomic mass is 35.5. The van der Waals surface area contributed by atoms with Crippen LogP contribution in [-0.2, 0) is 4.79 Å². The molecule has 108 valence electrons. The van der Waals surface area contributed by atoms with Gasteiger partial charge in [0.1, 0.15) is 0 Å². The molecular formula is C15H12ClNO3S. The van der Waals surface area contributed by atoms with Gasteiger partial charge in [-0.1, -0.05) is 29.8 Å². The van der Waals surface area contributed by atoms with Crippen LogP contribution in [0.1, 0.15) is 10.4 Å². The summed E-state index contributed by atoms with van der Waals surface area (Å²) in [5.41, 5.74) is 0.214. The Hall–Kier alpha value is -1.98. The van der Waals surface area contributed by atoms with Gasteiger partial charge in [-0.05, 0) is 30.3 Å². The fourth-order valence-corrected chi connectivity index (χ4v) is 2.55. The third kappa shape index (κ3) is 4.51. The van der Waals surface area contributed by atoms with Crippen LogP contribution in [0.25, 0.3) is 0 Å². The van der Waals surface area contributed by atoms with Gasteiger partial charge in [-0.2, -0.15) is 0 Å². The van der Waals surface area contributed by atoms with Crippen molar-refractivity contribution in [3.63, 3.8) is 0 Å². The first-order valence-electron chi connectivity index (χ1n) is 6.07. The molecule has 2 N–H and O–H groups in total. The van der Waals surface area contributed by atoms with E-state index >= 15 is 0 Å². The summed E-state index contributed by atoms with van der Waals surface area (Å²) in [5, 5.41) is 12.0. The van der Waals surface area contributed by atoms with Crippen LogP contribution in [0.15, 0.2) is 53.4 Å². The second kappa shape index (κ2) is 7.15. The number of aromatic carboxylic acids is 1. The number of nitrogens with one attached hydrogen (secondary N) is 1. The minimum absolute atomic E-state index is 0.0273. The van der Waals surface area contributed by atoms with Crippen LogP contribution in [0.5, 0.6) is 0 Å². The van der Waals surface area contributed by atoms with E-state index in [4.69, 9.17) is 16.7 Å². The lowest BCUT2D eigenvalue weighted by atomic mass is 10.2. The lowest BCUT2D eigenvalue weighted by molar-refractivity contribution is -0.113. The number of anilines is 1. The zero-order chi connectivity index (χ0) is 15.2. The number of hydrogen-bond donors (Lipinski definition) is 2. The third-order valence-corrected chi connectivity index (χ3v) is 3.85. The Morgan fingerprint density at radius 2 is 1.86 bits per heavy atom. The van der Waals surface area contributed by atoms with Crippen molar-refractivity contribution in [2.75, 3.05) is 11.1 Å². The van der Waals surface area contributed by atoms with E-state index in [9.17, 15) is 9.59 Å². The standard InChI is InChI=1S/C15H12ClNO3S/c16-10-6-7-13(12(8-10)15(19)20)17-14(18)9-21-11-4-2-1-3-5-11/h1-8H,9H2,(H,17,18)(H,19,20). The van der Waals surface area contributed by atoms with Crippen molar-refractivity contribution in [2.24, 2.45) is 0 Å². The van der Waals surface area contributed by atoms with Crippen molar-refractivity contribution >= 4 is 40.9 Å². The van der Waals surface area contributed by atoms with Crippen LogP contribution >= 0.6 is 23.4 Å². The van der Waals surface area contributed by atoms with Gasteiger partial charge >= 0.3 is 5.97 Å². The predicted molar refractivity (Wildman–Crippen MR) is 84.2 cm³/mol. The number of carbonyl (C=O) groups excluding carboxylic acids is 1. The second-order valence-corrected chi connectivity index (χ2v) is 5.63. The number of carboxylic acid groups (broad SMARTS) is 1. The summed E-state index contributed by atoms with van der Waals surface area (Å²) < 4.78 is 0. The number of halogens is 1. The summed E-state index contributed by atoms with van der Waals surface area (Å²) in [6.07, 6.45) is 0. The van der Waals surface area contributed by atoms with E-state index in [0.717, 1.165) is 4.90 Å². The van der Waals surface area contributed by atoms with Gasteiger partial charge in [0.05, 0.1) is 17.0 Å². The zero-order valence-corrected chi connectivity index (χ0v) is 12.4. The number of thioether (sulfide) groups is 1. The maximum Gasteiger partial charge on any atom is 0.337 e. The molecule has 0 radical (unpaired) electrons. The first-order chi connectivity index (χ1) is 10.1. The molecular weight excluding hydrogens is 310 g/mol. The Labute approximate surface area is 131 Å². The molecule has 0 fully saturated rings. The first kappa shape index (κ1) is 15.4. The summed E-state index contributed by atoms with van der Waals surface area (Å²) in [7, 11) is 0. The van der Waals surface area contributed by atoms with Crippen LogP contribution in [0.4, 0.5) is 5.69 Å². The van der Waals surface area contributed by atoms with Gasteiger partial charge in [0.25, 0.3) is 0 Å². The molecule has 6 heteroatoms. The van der Waals surface area contributed by atoms with Gasteiger partial charge < -0.3 is 10.4 Å². The number of hydrogen-bond acceptors (Lipinski definition) is 3. The molecule has 0 saturated heterocycles. The van der Waals surface area contributed by atoms with Crippen molar-refractivity contribution in [1.29, 1.82) is 0 Å². The fraction of sp³-hybridized carbons (Fsp3) is 0.0667. The van der Waals surface area contributed by atoms with Gasteiger partial charge in [0.2, 0.25) is 5.91 Å². The van der Waals surface area contributed by atoms with Gasteiger partial charge in [-0.25, -0.2) is 4.79 Å². The lowest BCUT2D eigenvalue weighted by Gasteiger charge is -2.08. The molecule has 0 bridgehead atoms. The summed E-state index contributed by atoms with van der Waals surface area (Å²) in [6, 6.07) is 13.8. The molecule has 0 spiro atoms. The summed E-state index contributed by atoms with van der Waals surface area (Å²) >= 11 is 7.14. The Kier molecular flexibility index (Phi) is 5.25. The largest absolute Gasteiger partial charge is 0.478 e. The first-order valence-corrected chi connectivity index (χ1v) is 7.43. The molecule has 0 saturated carbocycles. The van der Waals surface area contributed by atoms with Gasteiger partial charge in [-0.15, -0.1) is 11.8 Å². The Bertz CT molecular complexity index is 661. The quantitative estimate of drug-likeness (QED) is 0.823. The van der Waals surface area contributed by atoms with E-state index < -0.39 is 5.97 Å². The molecule has 0 aliphatic carbocycles. The number of benzene rings is 2. The monoisotopic (exact) mass is 321 g/mol. The van der Waals surface area contributed by atoms with Crippen molar-refractivity contribution in [3.05, 3.63) is 59.1 Å². The fourth-order valence-electron chi connectivity index (χ4n) is 1.65. The normalized spacial score (nSPS) is 10.1. The van der Waals surface area contributed by atoms with E-state index in [1.165, 1.54) is 30.0 Å². The van der Waals surface area contributed by atoms with E-state index in [0.29, 0.717) is 5.02 Å². The molecule has 0 atom stereocenters. The molecule has 0 unspecified atom stereocenters. The van der Waals surface area contributed by atoms with E-state index in [1.807, 2.05) is 30.3 Å². The molecule has 2 aromatic rings. The number of carboxylic acids is 1. The number of amides is 1. The van der Waals surface area contributed by atoms with E-state index in [2.05, 4.69) is 5.32 Å². The number of carbonyl (C=O) groups is 2.